The highest BCUT2D eigenvalue weighted by Crippen LogP contribution is 2.30. The topological polar surface area (TPSA) is 42.7 Å². The van der Waals surface area contributed by atoms with Gasteiger partial charge in [-0.25, -0.2) is 0 Å². The number of aryl methyl sites for hydroxylation is 2. The van der Waals surface area contributed by atoms with E-state index >= 15 is 0 Å². The second kappa shape index (κ2) is 5.30. The van der Waals surface area contributed by atoms with Crippen LogP contribution in [0.2, 0.25) is 0 Å². The lowest BCUT2D eigenvalue weighted by Gasteiger charge is -2.19. The largest absolute Gasteiger partial charge is 0.309 e. The Kier molecular flexibility index (Phi) is 3.47. The predicted molar refractivity (Wildman–Crippen MR) is 85.3 cm³/mol. The minimum absolute atomic E-state index is 0.0947. The first-order chi connectivity index (χ1) is 10.1. The maximum Gasteiger partial charge on any atom is 0.0753 e. The van der Waals surface area contributed by atoms with Crippen molar-refractivity contribution in [3.05, 3.63) is 59.0 Å². The molecule has 1 aromatic carbocycles. The molecule has 0 spiro atoms. The summed E-state index contributed by atoms with van der Waals surface area (Å²) in [7, 11) is 3.97. The molecular weight excluding hydrogens is 260 g/mol. The first kappa shape index (κ1) is 13.8. The average molecular weight is 280 g/mol. The molecule has 4 nitrogen and oxygen atoms in total. The third kappa shape index (κ3) is 2.21. The minimum atomic E-state index is 0.0947. The molecule has 3 rings (SSSR count). The fourth-order valence-corrected chi connectivity index (χ4v) is 3.02. The third-order valence-corrected chi connectivity index (χ3v) is 4.12. The van der Waals surface area contributed by atoms with Crippen LogP contribution in [0, 0.1) is 13.8 Å². The summed E-state index contributed by atoms with van der Waals surface area (Å²) in [4.78, 5) is 4.57. The summed E-state index contributed by atoms with van der Waals surface area (Å²) in [5.41, 5.74) is 5.71. The number of nitrogens with one attached hydrogen (secondary N) is 1. The summed E-state index contributed by atoms with van der Waals surface area (Å²) >= 11 is 0. The maximum atomic E-state index is 4.57. The molecule has 0 aliphatic heterocycles. The van der Waals surface area contributed by atoms with E-state index in [0.717, 1.165) is 16.6 Å². The first-order valence-electron chi connectivity index (χ1n) is 7.14. The van der Waals surface area contributed by atoms with Crippen LogP contribution in [0.15, 0.2) is 36.5 Å². The number of hydrogen-bond acceptors (Lipinski definition) is 3. The Labute approximate surface area is 124 Å². The summed E-state index contributed by atoms with van der Waals surface area (Å²) in [5.74, 6) is 0. The zero-order chi connectivity index (χ0) is 15.0. The molecule has 0 aliphatic carbocycles. The van der Waals surface area contributed by atoms with E-state index in [0.29, 0.717) is 0 Å². The summed E-state index contributed by atoms with van der Waals surface area (Å²) in [6.07, 6.45) is 1.85. The van der Waals surface area contributed by atoms with Crippen molar-refractivity contribution in [3.8, 4) is 0 Å². The maximum absolute atomic E-state index is 4.57. The predicted octanol–water partition coefficient (Wildman–Crippen LogP) is 2.89. The van der Waals surface area contributed by atoms with E-state index in [1.165, 1.54) is 16.8 Å². The van der Waals surface area contributed by atoms with Gasteiger partial charge in [0, 0.05) is 29.9 Å². The van der Waals surface area contributed by atoms with Gasteiger partial charge in [-0.3, -0.25) is 9.67 Å². The molecule has 1 unspecified atom stereocenters. The molecule has 1 atom stereocenters. The van der Waals surface area contributed by atoms with Gasteiger partial charge in [0.2, 0.25) is 0 Å². The number of hydrogen-bond donors (Lipinski definition) is 1. The van der Waals surface area contributed by atoms with Gasteiger partial charge in [-0.15, -0.1) is 0 Å². The van der Waals surface area contributed by atoms with E-state index in [9.17, 15) is 0 Å². The summed E-state index contributed by atoms with van der Waals surface area (Å²) in [6, 6.07) is 10.5. The molecule has 3 aromatic rings. The lowest BCUT2D eigenvalue weighted by atomic mass is 9.95. The molecule has 0 radical (unpaired) electrons. The van der Waals surface area contributed by atoms with Crippen LogP contribution in [0.1, 0.15) is 28.6 Å². The van der Waals surface area contributed by atoms with Gasteiger partial charge in [-0.2, -0.15) is 5.10 Å². The molecule has 108 valence electrons. The van der Waals surface area contributed by atoms with Crippen molar-refractivity contribution in [2.45, 2.75) is 19.9 Å². The van der Waals surface area contributed by atoms with Crippen molar-refractivity contribution in [2.75, 3.05) is 7.05 Å². The normalized spacial score (nSPS) is 12.8. The Morgan fingerprint density at radius 3 is 2.57 bits per heavy atom. The fraction of sp³-hybridized carbons (Fsp3) is 0.294. The third-order valence-electron chi connectivity index (χ3n) is 4.12. The average Bonchev–Trinajstić information content (AvgIpc) is 2.75. The first-order valence-corrected chi connectivity index (χ1v) is 7.14. The molecular formula is C17H20N4. The van der Waals surface area contributed by atoms with Gasteiger partial charge in [0.15, 0.2) is 0 Å². The summed E-state index contributed by atoms with van der Waals surface area (Å²) < 4.78 is 1.94. The van der Waals surface area contributed by atoms with Crippen molar-refractivity contribution in [1.82, 2.24) is 20.1 Å². The summed E-state index contributed by atoms with van der Waals surface area (Å²) in [6.45, 7) is 4.17. The molecule has 4 heteroatoms. The SMILES string of the molecule is CNC(c1c(C)nn(C)c1C)c1cccc2cccnc12. The van der Waals surface area contributed by atoms with Gasteiger partial charge in [0.05, 0.1) is 17.3 Å². The highest BCUT2D eigenvalue weighted by atomic mass is 15.3. The quantitative estimate of drug-likeness (QED) is 0.802. The molecule has 0 saturated heterocycles. The van der Waals surface area contributed by atoms with Crippen LogP contribution >= 0.6 is 0 Å². The van der Waals surface area contributed by atoms with Crippen LogP contribution in [0.3, 0.4) is 0 Å². The lowest BCUT2D eigenvalue weighted by Crippen LogP contribution is -2.19. The zero-order valence-electron chi connectivity index (χ0n) is 12.9. The fourth-order valence-electron chi connectivity index (χ4n) is 3.02. The molecule has 0 aliphatic rings. The number of para-hydroxylation sites is 1. The van der Waals surface area contributed by atoms with Gasteiger partial charge < -0.3 is 5.32 Å². The lowest BCUT2D eigenvalue weighted by molar-refractivity contribution is 0.681. The Bertz CT molecular complexity index is 783. The zero-order valence-corrected chi connectivity index (χ0v) is 12.9. The Morgan fingerprint density at radius 1 is 1.14 bits per heavy atom. The summed E-state index contributed by atoms with van der Waals surface area (Å²) in [5, 5.41) is 9.13. The van der Waals surface area contributed by atoms with Crippen molar-refractivity contribution in [2.24, 2.45) is 7.05 Å². The van der Waals surface area contributed by atoms with Crippen molar-refractivity contribution in [3.63, 3.8) is 0 Å². The van der Waals surface area contributed by atoms with E-state index in [1.54, 1.807) is 0 Å². The second-order valence-electron chi connectivity index (χ2n) is 5.35. The smallest absolute Gasteiger partial charge is 0.0753 e. The molecule has 2 heterocycles. The standard InChI is InChI=1S/C17H20N4/c1-11-15(12(2)21(4)20-11)17(18-3)14-9-5-7-13-8-6-10-19-16(13)14/h5-10,17-18H,1-4H3. The minimum Gasteiger partial charge on any atom is -0.309 e. The van der Waals surface area contributed by atoms with Crippen LogP contribution in [0.4, 0.5) is 0 Å². The van der Waals surface area contributed by atoms with Gasteiger partial charge in [-0.05, 0) is 32.5 Å². The van der Waals surface area contributed by atoms with Crippen LogP contribution in [0.25, 0.3) is 10.9 Å². The second-order valence-corrected chi connectivity index (χ2v) is 5.35. The van der Waals surface area contributed by atoms with Crippen LogP contribution in [-0.2, 0) is 7.05 Å². The molecule has 0 amide bonds. The molecule has 0 bridgehead atoms. The van der Waals surface area contributed by atoms with E-state index in [2.05, 4.69) is 53.5 Å². The molecule has 21 heavy (non-hydrogen) atoms. The van der Waals surface area contributed by atoms with Crippen molar-refractivity contribution in [1.29, 1.82) is 0 Å². The number of nitrogens with zero attached hydrogens (tertiary/aromatic N) is 3. The Morgan fingerprint density at radius 2 is 1.90 bits per heavy atom. The Hall–Kier alpha value is -2.20. The molecule has 1 N–H and O–H groups in total. The van der Waals surface area contributed by atoms with E-state index in [-0.39, 0.29) is 6.04 Å². The molecule has 2 aromatic heterocycles. The van der Waals surface area contributed by atoms with E-state index < -0.39 is 0 Å². The number of aromatic nitrogens is 3. The number of rotatable bonds is 3. The van der Waals surface area contributed by atoms with Gasteiger partial charge >= 0.3 is 0 Å². The van der Waals surface area contributed by atoms with Gasteiger partial charge in [0.25, 0.3) is 0 Å². The van der Waals surface area contributed by atoms with E-state index in [1.807, 2.05) is 31.0 Å². The molecule has 0 fully saturated rings. The highest BCUT2D eigenvalue weighted by Gasteiger charge is 2.22. The van der Waals surface area contributed by atoms with Crippen molar-refractivity contribution < 1.29 is 0 Å². The monoisotopic (exact) mass is 280 g/mol. The number of pyridine rings is 1. The highest BCUT2D eigenvalue weighted by molar-refractivity contribution is 5.82. The van der Waals surface area contributed by atoms with E-state index in [4.69, 9.17) is 0 Å². The van der Waals surface area contributed by atoms with Crippen LogP contribution in [-0.4, -0.2) is 21.8 Å². The molecule has 0 saturated carbocycles. The van der Waals surface area contributed by atoms with Crippen LogP contribution < -0.4 is 5.32 Å². The van der Waals surface area contributed by atoms with Crippen LogP contribution in [0.5, 0.6) is 0 Å². The van der Waals surface area contributed by atoms with Gasteiger partial charge in [0.1, 0.15) is 0 Å². The number of fused-ring (bicyclic) bond motifs is 1. The Balaban J connectivity index is 2.23. The van der Waals surface area contributed by atoms with Gasteiger partial charge in [-0.1, -0.05) is 24.3 Å². The number of benzene rings is 1. The van der Waals surface area contributed by atoms with Crippen molar-refractivity contribution >= 4 is 10.9 Å².